The van der Waals surface area contributed by atoms with Crippen molar-refractivity contribution in [3.8, 4) is 0 Å². The Kier molecular flexibility index (Phi) is 7.77. The summed E-state index contributed by atoms with van der Waals surface area (Å²) in [6, 6.07) is 0. The van der Waals surface area contributed by atoms with Crippen molar-refractivity contribution < 1.29 is 17.9 Å². The third-order valence-electron chi connectivity index (χ3n) is 4.99. The number of methoxy groups -OCH3 is 1. The van der Waals surface area contributed by atoms with Gasteiger partial charge in [0.1, 0.15) is 0 Å². The lowest BCUT2D eigenvalue weighted by Gasteiger charge is -2.35. The molecule has 2 N–H and O–H groups in total. The van der Waals surface area contributed by atoms with Crippen LogP contribution in [0.1, 0.15) is 45.4 Å². The Morgan fingerprint density at radius 3 is 2.61 bits per heavy atom. The van der Waals surface area contributed by atoms with Crippen LogP contribution < -0.4 is 10.0 Å². The molecule has 1 aliphatic carbocycles. The van der Waals surface area contributed by atoms with E-state index in [1.807, 2.05) is 0 Å². The summed E-state index contributed by atoms with van der Waals surface area (Å²) in [5.41, 5.74) is -0.0548. The molecule has 0 radical (unpaired) electrons. The minimum atomic E-state index is -3.50. The van der Waals surface area contributed by atoms with Gasteiger partial charge in [-0.25, -0.2) is 13.1 Å². The molecule has 23 heavy (non-hydrogen) atoms. The molecule has 0 spiro atoms. The van der Waals surface area contributed by atoms with Crippen molar-refractivity contribution in [3.63, 3.8) is 0 Å². The van der Waals surface area contributed by atoms with Crippen LogP contribution in [0, 0.1) is 11.3 Å². The monoisotopic (exact) mass is 368 g/mol. The van der Waals surface area contributed by atoms with Crippen molar-refractivity contribution in [2.75, 3.05) is 26.7 Å². The Morgan fingerprint density at radius 1 is 1.30 bits per heavy atom. The van der Waals surface area contributed by atoms with Gasteiger partial charge in [0.2, 0.25) is 10.0 Å². The molecule has 1 heterocycles. The number of hydrogen-bond donors (Lipinski definition) is 2. The van der Waals surface area contributed by atoms with Crippen LogP contribution in [-0.2, 0) is 19.6 Å². The lowest BCUT2D eigenvalue weighted by molar-refractivity contribution is -0.146. The predicted octanol–water partition coefficient (Wildman–Crippen LogP) is 1.45. The van der Waals surface area contributed by atoms with E-state index in [1.165, 1.54) is 7.11 Å². The fourth-order valence-corrected chi connectivity index (χ4v) is 5.46. The average Bonchev–Trinajstić information content (AvgIpc) is 2.53. The summed E-state index contributed by atoms with van der Waals surface area (Å²) in [5, 5.41) is 2.66. The van der Waals surface area contributed by atoms with Crippen molar-refractivity contribution in [1.29, 1.82) is 0 Å². The number of carbonyl (C=O) groups excluding carboxylic acids is 1. The van der Waals surface area contributed by atoms with Crippen LogP contribution in [0.5, 0.6) is 0 Å². The molecule has 0 amide bonds. The molecule has 2 fully saturated rings. The molecular formula is C15H29ClN2O4S. The largest absolute Gasteiger partial charge is 0.469 e. The SMILES string of the molecule is COC(=O)C1CCCCC1S(=O)(=O)NCC1(C)CCCNC1.Cl. The van der Waals surface area contributed by atoms with E-state index >= 15 is 0 Å². The molecule has 2 rings (SSSR count). The van der Waals surface area contributed by atoms with Gasteiger partial charge in [-0.2, -0.15) is 0 Å². The molecule has 0 bridgehead atoms. The van der Waals surface area contributed by atoms with E-state index < -0.39 is 27.2 Å². The molecule has 136 valence electrons. The standard InChI is InChI=1S/C15H28N2O4S.ClH/c1-15(8-5-9-16-10-15)11-17-22(19,20)13-7-4-3-6-12(13)14(18)21-2;/h12-13,16-17H,3-11H2,1-2H3;1H. The second kappa shape index (κ2) is 8.65. The number of carbonyl (C=O) groups is 1. The van der Waals surface area contributed by atoms with E-state index in [0.717, 1.165) is 38.8 Å². The van der Waals surface area contributed by atoms with Gasteiger partial charge in [0.05, 0.1) is 18.3 Å². The molecule has 3 atom stereocenters. The van der Waals surface area contributed by atoms with Gasteiger partial charge in [0.15, 0.2) is 0 Å². The lowest BCUT2D eigenvalue weighted by atomic mass is 9.83. The van der Waals surface area contributed by atoms with Crippen LogP contribution in [0.25, 0.3) is 0 Å². The molecule has 0 aromatic rings. The summed E-state index contributed by atoms with van der Waals surface area (Å²) in [6.07, 6.45) is 4.92. The minimum absolute atomic E-state index is 0. The molecule has 1 saturated heterocycles. The minimum Gasteiger partial charge on any atom is -0.469 e. The first-order chi connectivity index (χ1) is 10.4. The summed E-state index contributed by atoms with van der Waals surface area (Å²) in [5.74, 6) is -0.936. The fourth-order valence-electron chi connectivity index (χ4n) is 3.54. The molecule has 6 nitrogen and oxygen atoms in total. The Balaban J connectivity index is 0.00000264. The van der Waals surface area contributed by atoms with Crippen molar-refractivity contribution in [3.05, 3.63) is 0 Å². The van der Waals surface area contributed by atoms with Crippen molar-refractivity contribution in [1.82, 2.24) is 10.0 Å². The highest BCUT2D eigenvalue weighted by Gasteiger charge is 2.41. The van der Waals surface area contributed by atoms with Gasteiger partial charge in [-0.3, -0.25) is 4.79 Å². The van der Waals surface area contributed by atoms with Gasteiger partial charge in [0.25, 0.3) is 0 Å². The van der Waals surface area contributed by atoms with Crippen LogP contribution in [0.15, 0.2) is 0 Å². The highest BCUT2D eigenvalue weighted by atomic mass is 35.5. The van der Waals surface area contributed by atoms with E-state index in [1.54, 1.807) is 0 Å². The number of hydrogen-bond acceptors (Lipinski definition) is 5. The maximum atomic E-state index is 12.7. The number of rotatable bonds is 5. The highest BCUT2D eigenvalue weighted by molar-refractivity contribution is 7.90. The first-order valence-electron chi connectivity index (χ1n) is 8.15. The molecular weight excluding hydrogens is 340 g/mol. The number of nitrogens with one attached hydrogen (secondary N) is 2. The lowest BCUT2D eigenvalue weighted by Crippen LogP contribution is -2.49. The fraction of sp³-hybridized carbons (Fsp3) is 0.933. The number of esters is 1. The first-order valence-corrected chi connectivity index (χ1v) is 9.70. The van der Waals surface area contributed by atoms with E-state index in [2.05, 4.69) is 17.0 Å². The van der Waals surface area contributed by atoms with Crippen LogP contribution in [0.4, 0.5) is 0 Å². The zero-order valence-corrected chi connectivity index (χ0v) is 15.6. The molecule has 3 unspecified atom stereocenters. The van der Waals surface area contributed by atoms with Gasteiger partial charge < -0.3 is 10.1 Å². The van der Waals surface area contributed by atoms with Gasteiger partial charge in [0, 0.05) is 13.1 Å². The quantitative estimate of drug-likeness (QED) is 0.717. The maximum absolute atomic E-state index is 12.7. The molecule has 8 heteroatoms. The van der Waals surface area contributed by atoms with E-state index in [0.29, 0.717) is 19.4 Å². The molecule has 1 saturated carbocycles. The molecule has 2 aliphatic rings. The van der Waals surface area contributed by atoms with Crippen molar-refractivity contribution in [2.24, 2.45) is 11.3 Å². The second-order valence-corrected chi connectivity index (χ2v) is 8.89. The summed E-state index contributed by atoms with van der Waals surface area (Å²) >= 11 is 0. The molecule has 0 aromatic carbocycles. The van der Waals surface area contributed by atoms with Crippen molar-refractivity contribution in [2.45, 2.75) is 50.7 Å². The molecule has 0 aromatic heterocycles. The topological polar surface area (TPSA) is 84.5 Å². The summed E-state index contributed by atoms with van der Waals surface area (Å²) in [7, 11) is -2.18. The van der Waals surface area contributed by atoms with E-state index in [-0.39, 0.29) is 17.8 Å². The number of halogens is 1. The number of piperidine rings is 1. The maximum Gasteiger partial charge on any atom is 0.310 e. The third kappa shape index (κ3) is 5.31. The van der Waals surface area contributed by atoms with Crippen LogP contribution >= 0.6 is 12.4 Å². The summed E-state index contributed by atoms with van der Waals surface area (Å²) < 4.78 is 32.9. The van der Waals surface area contributed by atoms with E-state index in [9.17, 15) is 13.2 Å². The van der Waals surface area contributed by atoms with Crippen LogP contribution in [0.3, 0.4) is 0 Å². The zero-order chi connectivity index (χ0) is 16.2. The highest BCUT2D eigenvalue weighted by Crippen LogP contribution is 2.31. The Hall–Kier alpha value is -0.370. The first kappa shape index (κ1) is 20.7. The van der Waals surface area contributed by atoms with Gasteiger partial charge in [-0.05, 0) is 37.6 Å². The normalized spacial score (nSPS) is 31.9. The zero-order valence-electron chi connectivity index (χ0n) is 14.0. The van der Waals surface area contributed by atoms with Gasteiger partial charge in [-0.1, -0.05) is 19.8 Å². The van der Waals surface area contributed by atoms with Crippen LogP contribution in [0.2, 0.25) is 0 Å². The predicted molar refractivity (Wildman–Crippen MR) is 92.1 cm³/mol. The third-order valence-corrected chi connectivity index (χ3v) is 6.90. The smallest absolute Gasteiger partial charge is 0.310 e. The summed E-state index contributed by atoms with van der Waals surface area (Å²) in [4.78, 5) is 11.9. The Bertz CT molecular complexity index is 492. The van der Waals surface area contributed by atoms with Crippen LogP contribution in [-0.4, -0.2) is 46.4 Å². The van der Waals surface area contributed by atoms with E-state index in [4.69, 9.17) is 4.74 Å². The molecule has 1 aliphatic heterocycles. The number of sulfonamides is 1. The van der Waals surface area contributed by atoms with Gasteiger partial charge in [-0.15, -0.1) is 12.4 Å². The summed E-state index contributed by atoms with van der Waals surface area (Å²) in [6.45, 7) is 4.34. The second-order valence-electron chi connectivity index (χ2n) is 6.91. The van der Waals surface area contributed by atoms with Gasteiger partial charge >= 0.3 is 5.97 Å². The Labute approximate surface area is 145 Å². The number of ether oxygens (including phenoxy) is 1. The Morgan fingerprint density at radius 2 is 2.00 bits per heavy atom. The average molecular weight is 369 g/mol. The van der Waals surface area contributed by atoms with Crippen molar-refractivity contribution >= 4 is 28.4 Å².